The number of carbonyl (C=O) groups is 1. The Morgan fingerprint density at radius 3 is 2.63 bits per heavy atom. The van der Waals surface area contributed by atoms with Gasteiger partial charge in [-0.3, -0.25) is 4.79 Å². The number of fused-ring (bicyclic) bond motifs is 3. The summed E-state index contributed by atoms with van der Waals surface area (Å²) >= 11 is 1.46. The number of pyridine rings is 1. The van der Waals surface area contributed by atoms with Crippen molar-refractivity contribution in [3.05, 3.63) is 33.7 Å². The first-order chi connectivity index (χ1) is 12.9. The van der Waals surface area contributed by atoms with Crippen molar-refractivity contribution in [2.45, 2.75) is 24.2 Å². The van der Waals surface area contributed by atoms with Gasteiger partial charge >= 0.3 is 5.97 Å². The molecule has 0 spiro atoms. The summed E-state index contributed by atoms with van der Waals surface area (Å²) in [4.78, 5) is 29.4. The fourth-order valence-electron chi connectivity index (χ4n) is 3.71. The van der Waals surface area contributed by atoms with Crippen molar-refractivity contribution in [3.63, 3.8) is 0 Å². The van der Waals surface area contributed by atoms with Crippen LogP contribution in [0.3, 0.4) is 0 Å². The third-order valence-electron chi connectivity index (χ3n) is 5.20. The van der Waals surface area contributed by atoms with Crippen LogP contribution in [0, 0.1) is 5.82 Å². The van der Waals surface area contributed by atoms with Crippen LogP contribution in [0.25, 0.3) is 10.9 Å². The summed E-state index contributed by atoms with van der Waals surface area (Å²) in [7, 11) is 2.05. The normalized spacial score (nSPS) is 19.7. The van der Waals surface area contributed by atoms with Crippen LogP contribution in [0.1, 0.15) is 29.6 Å². The van der Waals surface area contributed by atoms with Gasteiger partial charge in [0.15, 0.2) is 0 Å². The van der Waals surface area contributed by atoms with Crippen LogP contribution in [0.2, 0.25) is 0 Å². The van der Waals surface area contributed by atoms with Crippen LogP contribution in [0.5, 0.6) is 0 Å². The summed E-state index contributed by atoms with van der Waals surface area (Å²) in [5.74, 6) is -1.07. The number of hydrogen-bond donors (Lipinski definition) is 0. The average molecular weight is 391 g/mol. The number of hydrogen-bond acceptors (Lipinski definition) is 6. The molecular formula is C19H22FN3O3S. The summed E-state index contributed by atoms with van der Waals surface area (Å²) in [6.45, 7) is 7.08. The molecule has 1 aromatic carbocycles. The number of aromatic nitrogens is 1. The molecular weight excluding hydrogens is 369 g/mol. The number of halogens is 1. The number of thioether (sulfide) groups is 1. The number of likely N-dealkylation sites (N-methyl/N-ethyl adjacent to an activating group) is 1. The van der Waals surface area contributed by atoms with Gasteiger partial charge in [-0.2, -0.15) is 0 Å². The van der Waals surface area contributed by atoms with E-state index in [9.17, 15) is 14.0 Å². The second-order valence-corrected chi connectivity index (χ2v) is 8.23. The first-order valence-corrected chi connectivity index (χ1v) is 9.99. The highest BCUT2D eigenvalue weighted by molar-refractivity contribution is 8.00. The standard InChI is InChI=1S/C19H22FN3O3S/c1-4-26-19(25)16-17(24)12-9-13(20)15(22-7-5-21(3)6-8-22)10-14(12)23-11(2)27-18(16)23/h9-11H,4-8H2,1-3H3/t11-/m0/s1. The zero-order chi connectivity index (χ0) is 19.3. The van der Waals surface area contributed by atoms with Crippen LogP contribution < -0.4 is 10.3 Å². The van der Waals surface area contributed by atoms with Crippen molar-refractivity contribution in [1.29, 1.82) is 0 Å². The SMILES string of the molecule is CCOC(=O)c1c2n(c3cc(N4CCN(C)CC4)c(F)cc3c1=O)[C@H](C)S2. The van der Waals surface area contributed by atoms with Gasteiger partial charge in [0.2, 0.25) is 5.43 Å². The van der Waals surface area contributed by atoms with E-state index in [1.165, 1.54) is 17.8 Å². The number of piperazine rings is 1. The fraction of sp³-hybridized carbons (Fsp3) is 0.474. The lowest BCUT2D eigenvalue weighted by Gasteiger charge is -2.36. The molecule has 144 valence electrons. The Labute approximate surface area is 160 Å². The highest BCUT2D eigenvalue weighted by atomic mass is 32.2. The van der Waals surface area contributed by atoms with Gasteiger partial charge < -0.3 is 19.1 Å². The van der Waals surface area contributed by atoms with Crippen LogP contribution in [-0.2, 0) is 4.74 Å². The molecule has 0 amide bonds. The zero-order valence-electron chi connectivity index (χ0n) is 15.6. The van der Waals surface area contributed by atoms with E-state index in [4.69, 9.17) is 4.74 Å². The molecule has 8 heteroatoms. The Bertz CT molecular complexity index is 983. The lowest BCUT2D eigenvalue weighted by molar-refractivity contribution is 0.0518. The predicted octanol–water partition coefficient (Wildman–Crippen LogP) is 2.69. The van der Waals surface area contributed by atoms with E-state index in [1.807, 2.05) is 23.4 Å². The molecule has 1 fully saturated rings. The Kier molecular flexibility index (Phi) is 4.63. The van der Waals surface area contributed by atoms with Crippen molar-refractivity contribution < 1.29 is 13.9 Å². The lowest BCUT2D eigenvalue weighted by atomic mass is 10.1. The van der Waals surface area contributed by atoms with Crippen LogP contribution in [0.15, 0.2) is 22.0 Å². The van der Waals surface area contributed by atoms with Gasteiger partial charge in [-0.15, -0.1) is 0 Å². The Morgan fingerprint density at radius 1 is 1.30 bits per heavy atom. The van der Waals surface area contributed by atoms with E-state index in [1.54, 1.807) is 13.0 Å². The van der Waals surface area contributed by atoms with Gasteiger partial charge in [0, 0.05) is 31.6 Å². The number of benzene rings is 1. The van der Waals surface area contributed by atoms with Gasteiger partial charge in [0.05, 0.1) is 28.2 Å². The summed E-state index contributed by atoms with van der Waals surface area (Å²) in [6.07, 6.45) is 0. The van der Waals surface area contributed by atoms with Crippen molar-refractivity contribution in [2.24, 2.45) is 0 Å². The second-order valence-electron chi connectivity index (χ2n) is 6.93. The maximum absolute atomic E-state index is 14.9. The van der Waals surface area contributed by atoms with E-state index in [2.05, 4.69) is 4.90 Å². The molecule has 0 N–H and O–H groups in total. The molecule has 1 saturated heterocycles. The molecule has 0 bridgehead atoms. The van der Waals surface area contributed by atoms with Crippen LogP contribution in [0.4, 0.5) is 10.1 Å². The summed E-state index contributed by atoms with van der Waals surface area (Å²) < 4.78 is 21.9. The Hall–Kier alpha value is -2.06. The molecule has 4 rings (SSSR count). The highest BCUT2D eigenvalue weighted by Gasteiger charge is 2.34. The number of anilines is 1. The molecule has 2 aromatic rings. The van der Waals surface area contributed by atoms with Gasteiger partial charge in [0.1, 0.15) is 11.4 Å². The molecule has 27 heavy (non-hydrogen) atoms. The third-order valence-corrected chi connectivity index (χ3v) is 6.37. The van der Waals surface area contributed by atoms with Crippen molar-refractivity contribution in [2.75, 3.05) is 44.7 Å². The minimum atomic E-state index is -0.642. The maximum atomic E-state index is 14.9. The summed E-state index contributed by atoms with van der Waals surface area (Å²) in [5.41, 5.74) is 0.736. The first-order valence-electron chi connectivity index (χ1n) is 9.11. The Morgan fingerprint density at radius 2 is 2.00 bits per heavy atom. The highest BCUT2D eigenvalue weighted by Crippen LogP contribution is 2.46. The van der Waals surface area contributed by atoms with E-state index in [0.29, 0.717) is 16.2 Å². The molecule has 2 aliphatic rings. The van der Waals surface area contributed by atoms with Crippen LogP contribution in [-0.4, -0.2) is 55.3 Å². The van der Waals surface area contributed by atoms with Gasteiger partial charge in [-0.05, 0) is 33.0 Å². The van der Waals surface area contributed by atoms with Crippen molar-refractivity contribution in [3.8, 4) is 0 Å². The quantitative estimate of drug-likeness (QED) is 0.750. The summed E-state index contributed by atoms with van der Waals surface area (Å²) in [6, 6.07) is 3.03. The topological polar surface area (TPSA) is 54.8 Å². The van der Waals surface area contributed by atoms with E-state index < -0.39 is 17.2 Å². The predicted molar refractivity (Wildman–Crippen MR) is 104 cm³/mol. The van der Waals surface area contributed by atoms with Crippen molar-refractivity contribution >= 4 is 34.3 Å². The molecule has 6 nitrogen and oxygen atoms in total. The second kappa shape index (κ2) is 6.83. The van der Waals surface area contributed by atoms with Gasteiger partial charge in [-0.1, -0.05) is 11.8 Å². The first kappa shape index (κ1) is 18.3. The zero-order valence-corrected chi connectivity index (χ0v) is 16.4. The molecule has 0 saturated carbocycles. The smallest absolute Gasteiger partial charge is 0.344 e. The third kappa shape index (κ3) is 2.91. The minimum Gasteiger partial charge on any atom is -0.462 e. The molecule has 1 atom stereocenters. The molecule has 0 radical (unpaired) electrons. The molecule has 0 unspecified atom stereocenters. The lowest BCUT2D eigenvalue weighted by Crippen LogP contribution is -2.44. The Balaban J connectivity index is 1.89. The number of rotatable bonds is 3. The molecule has 1 aromatic heterocycles. The number of carbonyl (C=O) groups excluding carboxylic acids is 1. The maximum Gasteiger partial charge on any atom is 0.344 e. The number of ether oxygens (including phenoxy) is 1. The molecule has 0 aliphatic carbocycles. The summed E-state index contributed by atoms with van der Waals surface area (Å²) in [5, 5.41) is 0.904. The van der Waals surface area contributed by atoms with Gasteiger partial charge in [0.25, 0.3) is 0 Å². The molecule has 3 heterocycles. The molecule has 2 aliphatic heterocycles. The van der Waals surface area contributed by atoms with E-state index in [-0.39, 0.29) is 22.9 Å². The van der Waals surface area contributed by atoms with Crippen molar-refractivity contribution in [1.82, 2.24) is 9.47 Å². The largest absolute Gasteiger partial charge is 0.462 e. The van der Waals surface area contributed by atoms with Crippen LogP contribution >= 0.6 is 11.8 Å². The number of nitrogens with zero attached hydrogens (tertiary/aromatic N) is 3. The van der Waals surface area contributed by atoms with Gasteiger partial charge in [-0.25, -0.2) is 9.18 Å². The average Bonchev–Trinajstić information content (AvgIpc) is 2.62. The van der Waals surface area contributed by atoms with E-state index in [0.717, 1.165) is 26.2 Å². The number of esters is 1. The minimum absolute atomic E-state index is 0.0131. The van der Waals surface area contributed by atoms with E-state index >= 15 is 0 Å². The fourth-order valence-corrected chi connectivity index (χ4v) is 4.86. The monoisotopic (exact) mass is 391 g/mol.